The van der Waals surface area contributed by atoms with E-state index in [0.717, 1.165) is 5.56 Å². The molecule has 1 amide bonds. The third kappa shape index (κ3) is 3.90. The molecule has 0 spiro atoms. The van der Waals surface area contributed by atoms with E-state index in [1.165, 1.54) is 0 Å². The highest BCUT2D eigenvalue weighted by Gasteiger charge is 2.23. The van der Waals surface area contributed by atoms with Crippen LogP contribution in [0.5, 0.6) is 0 Å². The van der Waals surface area contributed by atoms with Crippen LogP contribution in [0.4, 0.5) is 0 Å². The molecule has 1 rings (SSSR count). The lowest BCUT2D eigenvalue weighted by Gasteiger charge is -2.22. The number of hydrogen-bond donors (Lipinski definition) is 1. The SMILES string of the molecule is CC(NC(=O)C(C)(C)C)c1ccc(Cl)c(Cl)c1. The van der Waals surface area contributed by atoms with Crippen molar-refractivity contribution in [3.05, 3.63) is 33.8 Å². The summed E-state index contributed by atoms with van der Waals surface area (Å²) < 4.78 is 0. The minimum absolute atomic E-state index is 0.0103. The topological polar surface area (TPSA) is 29.1 Å². The second-order valence-corrected chi connectivity index (χ2v) is 5.93. The van der Waals surface area contributed by atoms with Gasteiger partial charge in [-0.2, -0.15) is 0 Å². The van der Waals surface area contributed by atoms with Crippen molar-refractivity contribution in [2.75, 3.05) is 0 Å². The summed E-state index contributed by atoms with van der Waals surface area (Å²) in [7, 11) is 0. The molecule has 0 aliphatic carbocycles. The van der Waals surface area contributed by atoms with Crippen LogP contribution in [0.3, 0.4) is 0 Å². The van der Waals surface area contributed by atoms with E-state index in [4.69, 9.17) is 23.2 Å². The van der Waals surface area contributed by atoms with Crippen LogP contribution in [0, 0.1) is 5.41 Å². The number of halogens is 2. The van der Waals surface area contributed by atoms with Crippen LogP contribution in [0.15, 0.2) is 18.2 Å². The highest BCUT2D eigenvalue weighted by Crippen LogP contribution is 2.26. The quantitative estimate of drug-likeness (QED) is 0.859. The molecule has 1 unspecified atom stereocenters. The van der Waals surface area contributed by atoms with Crippen molar-refractivity contribution < 1.29 is 4.79 Å². The zero-order valence-corrected chi connectivity index (χ0v) is 12.0. The molecule has 0 aliphatic rings. The van der Waals surface area contributed by atoms with Crippen molar-refractivity contribution in [3.8, 4) is 0 Å². The predicted molar refractivity (Wildman–Crippen MR) is 72.5 cm³/mol. The van der Waals surface area contributed by atoms with Crippen molar-refractivity contribution in [2.45, 2.75) is 33.7 Å². The maximum atomic E-state index is 11.8. The summed E-state index contributed by atoms with van der Waals surface area (Å²) in [5.74, 6) is 0.0103. The molecule has 1 atom stereocenters. The minimum atomic E-state index is -0.398. The smallest absolute Gasteiger partial charge is 0.225 e. The average Bonchev–Trinajstić information content (AvgIpc) is 2.20. The first kappa shape index (κ1) is 14.3. The normalized spacial score (nSPS) is 13.3. The van der Waals surface area contributed by atoms with Crippen LogP contribution in [0.2, 0.25) is 10.0 Å². The highest BCUT2D eigenvalue weighted by molar-refractivity contribution is 6.42. The molecular weight excluding hydrogens is 257 g/mol. The van der Waals surface area contributed by atoms with E-state index < -0.39 is 5.41 Å². The Balaban J connectivity index is 2.80. The van der Waals surface area contributed by atoms with Crippen molar-refractivity contribution in [1.29, 1.82) is 0 Å². The summed E-state index contributed by atoms with van der Waals surface area (Å²) in [5, 5.41) is 3.96. The van der Waals surface area contributed by atoms with Gasteiger partial charge in [0.2, 0.25) is 5.91 Å². The van der Waals surface area contributed by atoms with Crippen LogP contribution in [0.1, 0.15) is 39.3 Å². The van der Waals surface area contributed by atoms with E-state index in [-0.39, 0.29) is 11.9 Å². The first-order valence-electron chi connectivity index (χ1n) is 5.47. The van der Waals surface area contributed by atoms with Crippen molar-refractivity contribution in [1.82, 2.24) is 5.32 Å². The van der Waals surface area contributed by atoms with E-state index in [9.17, 15) is 4.79 Å². The van der Waals surface area contributed by atoms with Gasteiger partial charge in [0.15, 0.2) is 0 Å². The summed E-state index contributed by atoms with van der Waals surface area (Å²) >= 11 is 11.8. The molecule has 17 heavy (non-hydrogen) atoms. The lowest BCUT2D eigenvalue weighted by atomic mass is 9.95. The van der Waals surface area contributed by atoms with E-state index in [1.807, 2.05) is 33.8 Å². The van der Waals surface area contributed by atoms with Gasteiger partial charge in [0.25, 0.3) is 0 Å². The Morgan fingerprint density at radius 2 is 1.82 bits per heavy atom. The molecular formula is C13H17Cl2NO. The second kappa shape index (κ2) is 5.28. The molecule has 0 aromatic heterocycles. The third-order valence-electron chi connectivity index (χ3n) is 2.47. The molecule has 0 saturated carbocycles. The molecule has 0 fully saturated rings. The van der Waals surface area contributed by atoms with Crippen molar-refractivity contribution in [2.24, 2.45) is 5.41 Å². The second-order valence-electron chi connectivity index (χ2n) is 5.12. The summed E-state index contributed by atoms with van der Waals surface area (Å²) in [6.07, 6.45) is 0. The lowest BCUT2D eigenvalue weighted by Crippen LogP contribution is -2.36. The lowest BCUT2D eigenvalue weighted by molar-refractivity contribution is -0.129. The first-order chi connectivity index (χ1) is 7.71. The fraction of sp³-hybridized carbons (Fsp3) is 0.462. The molecule has 4 heteroatoms. The van der Waals surface area contributed by atoms with E-state index in [0.29, 0.717) is 10.0 Å². The van der Waals surface area contributed by atoms with E-state index in [1.54, 1.807) is 12.1 Å². The molecule has 0 aliphatic heterocycles. The minimum Gasteiger partial charge on any atom is -0.349 e. The van der Waals surface area contributed by atoms with Crippen LogP contribution >= 0.6 is 23.2 Å². The number of rotatable bonds is 2. The molecule has 94 valence electrons. The summed E-state index contributed by atoms with van der Waals surface area (Å²) in [6.45, 7) is 7.56. The Kier molecular flexibility index (Phi) is 4.45. The van der Waals surface area contributed by atoms with Crippen molar-refractivity contribution in [3.63, 3.8) is 0 Å². The van der Waals surface area contributed by atoms with Crippen molar-refractivity contribution >= 4 is 29.1 Å². The van der Waals surface area contributed by atoms with Gasteiger partial charge in [0.05, 0.1) is 16.1 Å². The number of amides is 1. The molecule has 0 heterocycles. The van der Waals surface area contributed by atoms with E-state index in [2.05, 4.69) is 5.32 Å². The van der Waals surface area contributed by atoms with Gasteiger partial charge >= 0.3 is 0 Å². The van der Waals surface area contributed by atoms with Crippen LogP contribution in [0.25, 0.3) is 0 Å². The van der Waals surface area contributed by atoms with Gasteiger partial charge in [-0.3, -0.25) is 4.79 Å². The fourth-order valence-electron chi connectivity index (χ4n) is 1.28. The van der Waals surface area contributed by atoms with Crippen LogP contribution < -0.4 is 5.32 Å². The molecule has 1 N–H and O–H groups in total. The zero-order valence-electron chi connectivity index (χ0n) is 10.5. The average molecular weight is 274 g/mol. The van der Waals surface area contributed by atoms with E-state index >= 15 is 0 Å². The maximum Gasteiger partial charge on any atom is 0.225 e. The monoisotopic (exact) mass is 273 g/mol. The van der Waals surface area contributed by atoms with Gasteiger partial charge in [0, 0.05) is 5.41 Å². The van der Waals surface area contributed by atoms with Gasteiger partial charge < -0.3 is 5.32 Å². The summed E-state index contributed by atoms with van der Waals surface area (Å²) in [4.78, 5) is 11.8. The summed E-state index contributed by atoms with van der Waals surface area (Å²) in [5.41, 5.74) is 0.543. The Morgan fingerprint density at radius 1 is 1.24 bits per heavy atom. The number of nitrogens with one attached hydrogen (secondary N) is 1. The Hall–Kier alpha value is -0.730. The number of carbonyl (C=O) groups is 1. The molecule has 0 bridgehead atoms. The third-order valence-corrected chi connectivity index (χ3v) is 3.21. The molecule has 0 radical (unpaired) electrons. The van der Waals surface area contributed by atoms with Gasteiger partial charge in [-0.05, 0) is 24.6 Å². The van der Waals surface area contributed by atoms with Crippen LogP contribution in [-0.2, 0) is 4.79 Å². The predicted octanol–water partition coefficient (Wildman–Crippen LogP) is 4.22. The fourth-order valence-corrected chi connectivity index (χ4v) is 1.58. The molecule has 0 saturated heterocycles. The largest absolute Gasteiger partial charge is 0.349 e. The first-order valence-corrected chi connectivity index (χ1v) is 6.23. The van der Waals surface area contributed by atoms with Gasteiger partial charge in [-0.1, -0.05) is 50.0 Å². The van der Waals surface area contributed by atoms with Gasteiger partial charge in [-0.15, -0.1) is 0 Å². The number of carbonyl (C=O) groups excluding carboxylic acids is 1. The Bertz CT molecular complexity index is 424. The highest BCUT2D eigenvalue weighted by atomic mass is 35.5. The van der Waals surface area contributed by atoms with Gasteiger partial charge in [-0.25, -0.2) is 0 Å². The standard InChI is InChI=1S/C13H17Cl2NO/c1-8(16-12(17)13(2,3)4)9-5-6-10(14)11(15)7-9/h5-8H,1-4H3,(H,16,17). The van der Waals surface area contributed by atoms with Crippen LogP contribution in [-0.4, -0.2) is 5.91 Å². The molecule has 1 aromatic carbocycles. The van der Waals surface area contributed by atoms with Gasteiger partial charge in [0.1, 0.15) is 0 Å². The Labute approximate surface area is 112 Å². The zero-order chi connectivity index (χ0) is 13.2. The maximum absolute atomic E-state index is 11.8. The number of hydrogen-bond acceptors (Lipinski definition) is 1. The number of benzene rings is 1. The Morgan fingerprint density at radius 3 is 2.29 bits per heavy atom. The molecule has 1 aromatic rings. The summed E-state index contributed by atoms with van der Waals surface area (Å²) in [6, 6.07) is 5.29. The molecule has 2 nitrogen and oxygen atoms in total.